The maximum Gasteiger partial charge on any atom is 0.257 e. The molecule has 1 aromatic carbocycles. The largest absolute Gasteiger partial charge is 0.472 e. The van der Waals surface area contributed by atoms with Crippen LogP contribution in [0.5, 0.6) is 0 Å². The van der Waals surface area contributed by atoms with Crippen LogP contribution in [0.15, 0.2) is 52.3 Å². The van der Waals surface area contributed by atoms with Crippen molar-refractivity contribution in [3.63, 3.8) is 0 Å². The number of hydrogen-bond acceptors (Lipinski definition) is 5. The number of furan rings is 1. The van der Waals surface area contributed by atoms with Gasteiger partial charge in [-0.15, -0.1) is 0 Å². The molecule has 0 aliphatic carbocycles. The number of carbonyl (C=O) groups is 1. The first-order valence-electron chi connectivity index (χ1n) is 9.17. The van der Waals surface area contributed by atoms with E-state index in [1.54, 1.807) is 13.2 Å². The van der Waals surface area contributed by atoms with Gasteiger partial charge < -0.3 is 19.4 Å². The molecule has 2 aliphatic rings. The van der Waals surface area contributed by atoms with Crippen molar-refractivity contribution in [3.8, 4) is 0 Å². The summed E-state index contributed by atoms with van der Waals surface area (Å²) in [4.78, 5) is 19.4. The van der Waals surface area contributed by atoms with Gasteiger partial charge in [0, 0.05) is 32.4 Å². The Bertz CT molecular complexity index is 834. The molecule has 7 heteroatoms. The zero-order valence-electron chi connectivity index (χ0n) is 15.4. The van der Waals surface area contributed by atoms with E-state index in [2.05, 4.69) is 22.8 Å². The van der Waals surface area contributed by atoms with Crippen molar-refractivity contribution in [1.29, 1.82) is 0 Å². The molecule has 0 saturated carbocycles. The number of hydrogen-bond donors (Lipinski definition) is 2. The Morgan fingerprint density at radius 1 is 1.37 bits per heavy atom. The van der Waals surface area contributed by atoms with Crippen molar-refractivity contribution in [1.82, 2.24) is 10.2 Å². The van der Waals surface area contributed by atoms with Gasteiger partial charge in [-0.05, 0) is 24.1 Å². The summed E-state index contributed by atoms with van der Waals surface area (Å²) in [6.07, 6.45) is 3.82. The lowest BCUT2D eigenvalue weighted by atomic mass is 9.96. The van der Waals surface area contributed by atoms with Crippen LogP contribution >= 0.6 is 0 Å². The molecule has 7 nitrogen and oxygen atoms in total. The molecule has 0 radical (unpaired) electrons. The summed E-state index contributed by atoms with van der Waals surface area (Å²) in [5, 5.41) is 7.19. The predicted octanol–water partition coefficient (Wildman–Crippen LogP) is 2.12. The number of anilines is 1. The summed E-state index contributed by atoms with van der Waals surface area (Å²) in [5.74, 6) is 0.854. The highest BCUT2D eigenvalue weighted by Crippen LogP contribution is 2.30. The van der Waals surface area contributed by atoms with E-state index in [0.717, 1.165) is 24.5 Å². The predicted molar refractivity (Wildman–Crippen MR) is 103 cm³/mol. The molecule has 2 aromatic rings. The van der Waals surface area contributed by atoms with E-state index in [4.69, 9.17) is 14.1 Å². The number of nitrogens with one attached hydrogen (secondary N) is 2. The zero-order valence-corrected chi connectivity index (χ0v) is 15.4. The molecule has 1 amide bonds. The molecular formula is C20H24N4O3. The standard InChI is InChI=1S/C20H24N4O3/c1-26-11-8-21-19-20(22-12-15-4-2-3-5-17(15)23-19)7-9-24(14-20)18(25)16-6-10-27-13-16/h2-6,10,13,22H,7-9,11-12,14H2,1H3,(H,21,23). The number of rotatable bonds is 4. The van der Waals surface area contributed by atoms with Gasteiger partial charge in [-0.3, -0.25) is 15.1 Å². The summed E-state index contributed by atoms with van der Waals surface area (Å²) in [7, 11) is 1.67. The van der Waals surface area contributed by atoms with E-state index in [0.29, 0.717) is 31.8 Å². The topological polar surface area (TPSA) is 79.1 Å². The molecule has 1 aromatic heterocycles. The normalized spacial score (nSPS) is 23.3. The van der Waals surface area contributed by atoms with Gasteiger partial charge in [0.2, 0.25) is 0 Å². The second-order valence-corrected chi connectivity index (χ2v) is 6.93. The molecule has 1 atom stereocenters. The lowest BCUT2D eigenvalue weighted by Crippen LogP contribution is -2.55. The monoisotopic (exact) mass is 368 g/mol. The average Bonchev–Trinajstić information content (AvgIpc) is 3.34. The van der Waals surface area contributed by atoms with Crippen LogP contribution in [0.1, 0.15) is 22.3 Å². The Labute approximate surface area is 158 Å². The van der Waals surface area contributed by atoms with Gasteiger partial charge in [0.1, 0.15) is 12.1 Å². The molecule has 1 fully saturated rings. The Kier molecular flexibility index (Phi) is 4.96. The number of amidine groups is 1. The van der Waals surface area contributed by atoms with E-state index < -0.39 is 5.54 Å². The summed E-state index contributed by atoms with van der Waals surface area (Å²) in [6, 6.07) is 9.91. The van der Waals surface area contributed by atoms with Gasteiger partial charge in [-0.2, -0.15) is 0 Å². The van der Waals surface area contributed by atoms with Gasteiger partial charge in [0.15, 0.2) is 0 Å². The number of benzene rings is 1. The van der Waals surface area contributed by atoms with Crippen LogP contribution in [-0.4, -0.2) is 55.5 Å². The number of methoxy groups -OCH3 is 1. The maximum atomic E-state index is 12.8. The van der Waals surface area contributed by atoms with Crippen LogP contribution in [-0.2, 0) is 11.3 Å². The second kappa shape index (κ2) is 7.54. The lowest BCUT2D eigenvalue weighted by molar-refractivity contribution is 0.0785. The molecule has 3 heterocycles. The van der Waals surface area contributed by atoms with Crippen molar-refractivity contribution in [2.75, 3.05) is 38.7 Å². The van der Waals surface area contributed by atoms with Crippen LogP contribution < -0.4 is 10.6 Å². The number of para-hydroxylation sites is 1. The first-order valence-corrected chi connectivity index (χ1v) is 9.17. The Morgan fingerprint density at radius 2 is 2.26 bits per heavy atom. The minimum Gasteiger partial charge on any atom is -0.472 e. The number of ether oxygens (including phenoxy) is 1. The molecule has 2 aliphatic heterocycles. The van der Waals surface area contributed by atoms with E-state index in [1.165, 1.54) is 18.1 Å². The minimum atomic E-state index is -0.397. The SMILES string of the molecule is COCCN=C1Nc2ccccc2CNC12CCN(C(=O)c1ccoc1)C2. The maximum absolute atomic E-state index is 12.8. The third-order valence-electron chi connectivity index (χ3n) is 5.23. The number of aliphatic imine (C=N–C) groups is 1. The van der Waals surface area contributed by atoms with Crippen LogP contribution in [0.25, 0.3) is 0 Å². The highest BCUT2D eigenvalue weighted by atomic mass is 16.5. The van der Waals surface area contributed by atoms with Crippen molar-refractivity contribution in [2.45, 2.75) is 18.5 Å². The summed E-state index contributed by atoms with van der Waals surface area (Å²) in [6.45, 7) is 3.07. The smallest absolute Gasteiger partial charge is 0.257 e. The first-order chi connectivity index (χ1) is 13.2. The van der Waals surface area contributed by atoms with Gasteiger partial charge in [0.25, 0.3) is 5.91 Å². The fourth-order valence-corrected chi connectivity index (χ4v) is 3.72. The van der Waals surface area contributed by atoms with Crippen molar-refractivity contribution < 1.29 is 13.9 Å². The Morgan fingerprint density at radius 3 is 3.07 bits per heavy atom. The van der Waals surface area contributed by atoms with Crippen molar-refractivity contribution in [3.05, 3.63) is 54.0 Å². The fraction of sp³-hybridized carbons (Fsp3) is 0.400. The van der Waals surface area contributed by atoms with E-state index in [9.17, 15) is 4.79 Å². The molecule has 0 bridgehead atoms. The number of amides is 1. The van der Waals surface area contributed by atoms with E-state index in [1.807, 2.05) is 17.0 Å². The van der Waals surface area contributed by atoms with Crippen LogP contribution in [0.4, 0.5) is 5.69 Å². The van der Waals surface area contributed by atoms with Gasteiger partial charge >= 0.3 is 0 Å². The van der Waals surface area contributed by atoms with Gasteiger partial charge in [-0.25, -0.2) is 0 Å². The van der Waals surface area contributed by atoms with Crippen LogP contribution in [0, 0.1) is 0 Å². The van der Waals surface area contributed by atoms with Crippen LogP contribution in [0.3, 0.4) is 0 Å². The molecule has 1 saturated heterocycles. The zero-order chi connectivity index (χ0) is 18.7. The highest BCUT2D eigenvalue weighted by Gasteiger charge is 2.45. The number of carbonyl (C=O) groups excluding carboxylic acids is 1. The minimum absolute atomic E-state index is 0.0135. The number of nitrogens with zero attached hydrogens (tertiary/aromatic N) is 2. The third-order valence-corrected chi connectivity index (χ3v) is 5.23. The van der Waals surface area contributed by atoms with Gasteiger partial charge in [0.05, 0.1) is 30.5 Å². The molecule has 2 N–H and O–H groups in total. The molecule has 27 heavy (non-hydrogen) atoms. The first kappa shape index (κ1) is 17.8. The Hall–Kier alpha value is -2.64. The quantitative estimate of drug-likeness (QED) is 0.809. The van der Waals surface area contributed by atoms with E-state index in [-0.39, 0.29) is 5.91 Å². The lowest BCUT2D eigenvalue weighted by Gasteiger charge is -2.30. The molecular weight excluding hydrogens is 344 g/mol. The third kappa shape index (κ3) is 3.48. The second-order valence-electron chi connectivity index (χ2n) is 6.93. The number of likely N-dealkylation sites (tertiary alicyclic amines) is 1. The van der Waals surface area contributed by atoms with Gasteiger partial charge in [-0.1, -0.05) is 18.2 Å². The van der Waals surface area contributed by atoms with E-state index >= 15 is 0 Å². The van der Waals surface area contributed by atoms with Crippen LogP contribution in [0.2, 0.25) is 0 Å². The molecule has 1 spiro atoms. The highest BCUT2D eigenvalue weighted by molar-refractivity contribution is 6.05. The molecule has 1 unspecified atom stereocenters. The molecule has 142 valence electrons. The summed E-state index contributed by atoms with van der Waals surface area (Å²) >= 11 is 0. The summed E-state index contributed by atoms with van der Waals surface area (Å²) < 4.78 is 10.2. The summed E-state index contributed by atoms with van der Waals surface area (Å²) in [5.41, 5.74) is 2.42. The number of fused-ring (bicyclic) bond motifs is 1. The average molecular weight is 368 g/mol. The van der Waals surface area contributed by atoms with Crippen molar-refractivity contribution in [2.24, 2.45) is 4.99 Å². The Balaban J connectivity index is 1.61. The van der Waals surface area contributed by atoms with Crippen molar-refractivity contribution >= 4 is 17.4 Å². The fourth-order valence-electron chi connectivity index (χ4n) is 3.72. The molecule has 4 rings (SSSR count).